The van der Waals surface area contributed by atoms with Crippen LogP contribution in [0.15, 0.2) is 48.6 Å². The average Bonchev–Trinajstić information content (AvgIpc) is 3.38. The van der Waals surface area contributed by atoms with Gasteiger partial charge in [0.25, 0.3) is 0 Å². The second kappa shape index (κ2) is 61.4. The van der Waals surface area contributed by atoms with Crippen LogP contribution in [0.5, 0.6) is 0 Å². The lowest BCUT2D eigenvalue weighted by Crippen LogP contribution is -2.45. The standard InChI is InChI=1S/C66H123NO5/c1-3-5-7-9-11-13-15-17-19-20-21-25-28-31-34-38-42-46-50-54-58-64(69)63(62-68)67-65(70)59-55-51-47-43-39-35-32-29-26-23-22-24-27-30-33-37-41-45-49-53-57-61-72-66(71)60-56-52-48-44-40-36-18-16-14-12-10-8-6-4-2/h16,18,37,41,49,53-54,58,63-64,68-69H,3-15,17,19-36,38-40,42-48,50-52,55-57,59-62H2,1-2H3,(H,67,70)/b18-16-,41-37-,53-49-,58-54+. The first-order chi connectivity index (χ1) is 35.5. The molecule has 1 amide bonds. The van der Waals surface area contributed by atoms with Crippen molar-refractivity contribution in [1.29, 1.82) is 0 Å². The minimum Gasteiger partial charge on any atom is -0.465 e. The molecule has 2 unspecified atom stereocenters. The van der Waals surface area contributed by atoms with Crippen molar-refractivity contribution in [2.24, 2.45) is 0 Å². The smallest absolute Gasteiger partial charge is 0.305 e. The van der Waals surface area contributed by atoms with Gasteiger partial charge in [0.1, 0.15) is 0 Å². The maximum atomic E-state index is 12.5. The van der Waals surface area contributed by atoms with Gasteiger partial charge in [0.2, 0.25) is 5.91 Å². The molecule has 3 N–H and O–H groups in total. The van der Waals surface area contributed by atoms with Gasteiger partial charge in [-0.3, -0.25) is 9.59 Å². The zero-order valence-electron chi connectivity index (χ0n) is 48.2. The van der Waals surface area contributed by atoms with Gasteiger partial charge in [0.15, 0.2) is 0 Å². The first-order valence-electron chi connectivity index (χ1n) is 31.9. The van der Waals surface area contributed by atoms with Crippen molar-refractivity contribution in [1.82, 2.24) is 5.32 Å². The summed E-state index contributed by atoms with van der Waals surface area (Å²) in [6.45, 7) is 4.80. The normalized spacial score (nSPS) is 12.9. The molecule has 0 radical (unpaired) electrons. The van der Waals surface area contributed by atoms with Gasteiger partial charge in [-0.05, 0) is 77.0 Å². The van der Waals surface area contributed by atoms with Crippen molar-refractivity contribution < 1.29 is 24.5 Å². The lowest BCUT2D eigenvalue weighted by atomic mass is 10.0. The number of nitrogens with one attached hydrogen (secondary N) is 1. The van der Waals surface area contributed by atoms with E-state index in [2.05, 4.69) is 55.6 Å². The average molecular weight is 1010 g/mol. The third kappa shape index (κ3) is 57.1. The third-order valence-electron chi connectivity index (χ3n) is 14.6. The Balaban J connectivity index is 3.49. The van der Waals surface area contributed by atoms with Gasteiger partial charge >= 0.3 is 5.97 Å². The van der Waals surface area contributed by atoms with Crippen LogP contribution in [0.25, 0.3) is 0 Å². The first-order valence-corrected chi connectivity index (χ1v) is 31.9. The molecule has 0 aromatic rings. The number of aliphatic hydroxyl groups excluding tert-OH is 2. The number of rotatable bonds is 59. The summed E-state index contributed by atoms with van der Waals surface area (Å²) in [6.07, 6.45) is 78.8. The summed E-state index contributed by atoms with van der Waals surface area (Å²) < 4.78 is 5.41. The number of hydrogen-bond donors (Lipinski definition) is 3. The Morgan fingerprint density at radius 2 is 0.694 bits per heavy atom. The van der Waals surface area contributed by atoms with Crippen molar-refractivity contribution >= 4 is 11.9 Å². The lowest BCUT2D eigenvalue weighted by molar-refractivity contribution is -0.143. The molecule has 0 aromatic carbocycles. The predicted octanol–water partition coefficient (Wildman–Crippen LogP) is 20.1. The number of carbonyl (C=O) groups is 2. The largest absolute Gasteiger partial charge is 0.465 e. The highest BCUT2D eigenvalue weighted by molar-refractivity contribution is 5.76. The Bertz CT molecular complexity index is 1210. The summed E-state index contributed by atoms with van der Waals surface area (Å²) >= 11 is 0. The van der Waals surface area contributed by atoms with Crippen molar-refractivity contribution in [3.63, 3.8) is 0 Å². The van der Waals surface area contributed by atoms with Gasteiger partial charge in [-0.15, -0.1) is 0 Å². The summed E-state index contributed by atoms with van der Waals surface area (Å²) in [6, 6.07) is -0.633. The molecule has 0 rings (SSSR count). The summed E-state index contributed by atoms with van der Waals surface area (Å²) in [5.41, 5.74) is 0. The van der Waals surface area contributed by atoms with E-state index in [4.69, 9.17) is 4.74 Å². The number of amides is 1. The van der Waals surface area contributed by atoms with Crippen molar-refractivity contribution in [2.75, 3.05) is 13.2 Å². The molecule has 0 spiro atoms. The van der Waals surface area contributed by atoms with E-state index < -0.39 is 12.1 Å². The van der Waals surface area contributed by atoms with Gasteiger partial charge in [0.05, 0.1) is 25.4 Å². The molecule has 0 fully saturated rings. The molecular weight excluding hydrogens is 887 g/mol. The fraction of sp³-hybridized carbons (Fsp3) is 0.848. The molecule has 0 bridgehead atoms. The van der Waals surface area contributed by atoms with Crippen LogP contribution >= 0.6 is 0 Å². The molecule has 0 aliphatic heterocycles. The molecule has 422 valence electrons. The van der Waals surface area contributed by atoms with Gasteiger partial charge in [-0.1, -0.05) is 294 Å². The number of unbranched alkanes of at least 4 members (excludes halogenated alkanes) is 42. The zero-order chi connectivity index (χ0) is 52.2. The lowest BCUT2D eigenvalue weighted by Gasteiger charge is -2.20. The molecule has 0 aromatic heterocycles. The maximum Gasteiger partial charge on any atom is 0.305 e. The van der Waals surface area contributed by atoms with Crippen molar-refractivity contribution in [3.8, 4) is 0 Å². The highest BCUT2D eigenvalue weighted by Crippen LogP contribution is 2.17. The van der Waals surface area contributed by atoms with Gasteiger partial charge in [-0.25, -0.2) is 0 Å². The number of allylic oxidation sites excluding steroid dienone is 6. The van der Waals surface area contributed by atoms with E-state index in [0.29, 0.717) is 19.4 Å². The van der Waals surface area contributed by atoms with Gasteiger partial charge in [0, 0.05) is 12.8 Å². The third-order valence-corrected chi connectivity index (χ3v) is 14.6. The summed E-state index contributed by atoms with van der Waals surface area (Å²) in [7, 11) is 0. The Labute approximate surface area is 448 Å². The second-order valence-electron chi connectivity index (χ2n) is 21.7. The number of carbonyl (C=O) groups excluding carboxylic acids is 2. The molecule has 0 aliphatic rings. The number of hydrogen-bond acceptors (Lipinski definition) is 5. The molecule has 72 heavy (non-hydrogen) atoms. The van der Waals surface area contributed by atoms with E-state index in [1.165, 1.54) is 257 Å². The van der Waals surface area contributed by atoms with Crippen LogP contribution in [0, 0.1) is 0 Å². The predicted molar refractivity (Wildman–Crippen MR) is 315 cm³/mol. The second-order valence-corrected chi connectivity index (χ2v) is 21.7. The number of aliphatic hydroxyl groups is 2. The van der Waals surface area contributed by atoms with Crippen molar-refractivity contribution in [2.45, 2.75) is 347 Å². The van der Waals surface area contributed by atoms with Crippen LogP contribution in [0.3, 0.4) is 0 Å². The van der Waals surface area contributed by atoms with Gasteiger partial charge in [-0.2, -0.15) is 0 Å². The van der Waals surface area contributed by atoms with E-state index in [1.807, 2.05) is 6.08 Å². The minimum absolute atomic E-state index is 0.0444. The Morgan fingerprint density at radius 1 is 0.389 bits per heavy atom. The quantitative estimate of drug-likeness (QED) is 0.0320. The van der Waals surface area contributed by atoms with E-state index in [0.717, 1.165) is 51.4 Å². The van der Waals surface area contributed by atoms with Crippen LogP contribution in [-0.4, -0.2) is 47.4 Å². The van der Waals surface area contributed by atoms with Crippen molar-refractivity contribution in [3.05, 3.63) is 48.6 Å². The van der Waals surface area contributed by atoms with E-state index in [1.54, 1.807) is 6.08 Å². The van der Waals surface area contributed by atoms with Crippen LogP contribution in [-0.2, 0) is 14.3 Å². The van der Waals surface area contributed by atoms with E-state index >= 15 is 0 Å². The van der Waals surface area contributed by atoms with Crippen LogP contribution in [0.2, 0.25) is 0 Å². The number of ether oxygens (including phenoxy) is 1. The summed E-state index contributed by atoms with van der Waals surface area (Å²) in [5, 5.41) is 23.2. The van der Waals surface area contributed by atoms with Crippen LogP contribution < -0.4 is 5.32 Å². The van der Waals surface area contributed by atoms with E-state index in [-0.39, 0.29) is 18.5 Å². The topological polar surface area (TPSA) is 95.9 Å². The molecular formula is C66H123NO5. The number of esters is 1. The van der Waals surface area contributed by atoms with Gasteiger partial charge < -0.3 is 20.3 Å². The molecule has 0 aliphatic carbocycles. The molecule has 2 atom stereocenters. The SMILES string of the molecule is CCCCCCC/C=C\CCCCCCCC(=O)OCC/C=C\C/C=C\CCCCCCCCCCCCCCCCC(=O)NC(CO)C(O)/C=C/CCCCCCCCCCCCCCCCCCCC. The van der Waals surface area contributed by atoms with Crippen LogP contribution in [0.1, 0.15) is 335 Å². The molecule has 6 nitrogen and oxygen atoms in total. The fourth-order valence-electron chi connectivity index (χ4n) is 9.70. The Hall–Kier alpha value is -2.18. The maximum absolute atomic E-state index is 12.5. The molecule has 0 saturated carbocycles. The van der Waals surface area contributed by atoms with Crippen LogP contribution in [0.4, 0.5) is 0 Å². The molecule has 6 heteroatoms. The monoisotopic (exact) mass is 1010 g/mol. The highest BCUT2D eigenvalue weighted by atomic mass is 16.5. The zero-order valence-corrected chi connectivity index (χ0v) is 48.2. The summed E-state index contributed by atoms with van der Waals surface area (Å²) in [4.78, 5) is 24.5. The highest BCUT2D eigenvalue weighted by Gasteiger charge is 2.18. The van der Waals surface area contributed by atoms with E-state index in [9.17, 15) is 19.8 Å². The first kappa shape index (κ1) is 69.8. The fourth-order valence-corrected chi connectivity index (χ4v) is 9.70. The Kier molecular flexibility index (Phi) is 59.5. The molecule has 0 saturated heterocycles. The minimum atomic E-state index is -0.850. The summed E-state index contributed by atoms with van der Waals surface area (Å²) in [5.74, 6) is -0.115. The Morgan fingerprint density at radius 3 is 1.07 bits per heavy atom. The molecule has 0 heterocycles.